The first-order valence-electron chi connectivity index (χ1n) is 10.6. The molecule has 0 aliphatic carbocycles. The molecule has 2 aromatic heterocycles. The first-order valence-corrected chi connectivity index (χ1v) is 11.8. The molecule has 0 atom stereocenters. The first-order chi connectivity index (χ1) is 15.5. The van der Waals surface area contributed by atoms with E-state index >= 15 is 0 Å². The molecule has 1 N–H and O–H groups in total. The van der Waals surface area contributed by atoms with E-state index in [1.807, 2.05) is 49.4 Å². The highest BCUT2D eigenvalue weighted by Gasteiger charge is 2.15. The van der Waals surface area contributed by atoms with Gasteiger partial charge in [0.05, 0.1) is 31.7 Å². The fraction of sp³-hybridized carbons (Fsp3) is 0.192. The lowest BCUT2D eigenvalue weighted by Crippen LogP contribution is -2.20. The fourth-order valence-electron chi connectivity index (χ4n) is 3.51. The van der Waals surface area contributed by atoms with Crippen LogP contribution in [0.2, 0.25) is 4.34 Å². The molecule has 4 aromatic rings. The Morgan fingerprint density at radius 2 is 1.84 bits per heavy atom. The van der Waals surface area contributed by atoms with Crippen LogP contribution in [0, 0.1) is 0 Å². The van der Waals surface area contributed by atoms with Crippen LogP contribution in [-0.2, 0) is 0 Å². The highest BCUT2D eigenvalue weighted by Crippen LogP contribution is 2.27. The third-order valence-corrected chi connectivity index (χ3v) is 6.60. The van der Waals surface area contributed by atoms with Gasteiger partial charge in [-0.25, -0.2) is 10.4 Å². The van der Waals surface area contributed by atoms with Gasteiger partial charge in [0.25, 0.3) is 5.91 Å². The molecule has 0 radical (unpaired) electrons. The Bertz CT molecular complexity index is 1290. The lowest BCUT2D eigenvalue weighted by molar-refractivity contribution is 0.0956. The summed E-state index contributed by atoms with van der Waals surface area (Å²) < 4.78 is 0.695. The number of fused-ring (bicyclic) bond motifs is 1. The summed E-state index contributed by atoms with van der Waals surface area (Å²) in [5.74, 6) is 0.191. The Labute approximate surface area is 197 Å². The van der Waals surface area contributed by atoms with Gasteiger partial charge in [-0.15, -0.1) is 11.3 Å². The summed E-state index contributed by atoms with van der Waals surface area (Å²) in [6.07, 6.45) is 0.682. The number of thiophene rings is 1. The SMILES string of the molecule is CCC(=NNC(=O)c1cc(-c2ccc(C(C)C)cc2)nc2ccccc12)c1ccc(Cl)s1. The maximum absolute atomic E-state index is 13.2. The molecule has 0 saturated carbocycles. The number of hydrogen-bond acceptors (Lipinski definition) is 4. The van der Waals surface area contributed by atoms with Crippen molar-refractivity contribution in [2.75, 3.05) is 0 Å². The van der Waals surface area contributed by atoms with Crippen LogP contribution in [0.1, 0.15) is 53.9 Å². The van der Waals surface area contributed by atoms with Crippen LogP contribution < -0.4 is 5.43 Å². The molecule has 0 fully saturated rings. The van der Waals surface area contributed by atoms with Crippen molar-refractivity contribution in [1.29, 1.82) is 0 Å². The van der Waals surface area contributed by atoms with Crippen LogP contribution in [0.3, 0.4) is 0 Å². The standard InChI is InChI=1S/C26H24ClN3OS/c1-4-21(24-13-14-25(27)32-24)29-30-26(31)20-15-23(28-22-8-6-5-7-19(20)22)18-11-9-17(10-12-18)16(2)3/h5-16H,4H2,1-3H3,(H,30,31). The number of pyridine rings is 1. The van der Waals surface area contributed by atoms with Crippen molar-refractivity contribution >= 4 is 45.5 Å². The summed E-state index contributed by atoms with van der Waals surface area (Å²) in [7, 11) is 0. The summed E-state index contributed by atoms with van der Waals surface area (Å²) in [6.45, 7) is 6.33. The second kappa shape index (κ2) is 9.63. The number of carbonyl (C=O) groups excluding carboxylic acids is 1. The van der Waals surface area contributed by atoms with E-state index in [4.69, 9.17) is 16.6 Å². The Hall–Kier alpha value is -3.02. The van der Waals surface area contributed by atoms with E-state index in [0.717, 1.165) is 32.7 Å². The number of halogens is 1. The van der Waals surface area contributed by atoms with E-state index in [-0.39, 0.29) is 5.91 Å². The second-order valence-corrected chi connectivity index (χ2v) is 9.52. The molecule has 0 spiro atoms. The van der Waals surface area contributed by atoms with E-state index in [1.54, 1.807) is 0 Å². The zero-order valence-corrected chi connectivity index (χ0v) is 19.8. The fourth-order valence-corrected chi connectivity index (χ4v) is 4.61. The minimum Gasteiger partial charge on any atom is -0.267 e. The minimum absolute atomic E-state index is 0.266. The number of aromatic nitrogens is 1. The van der Waals surface area contributed by atoms with Gasteiger partial charge >= 0.3 is 0 Å². The Morgan fingerprint density at radius 1 is 1.09 bits per heavy atom. The van der Waals surface area contributed by atoms with Gasteiger partial charge in [-0.1, -0.05) is 74.8 Å². The Kier molecular flexibility index (Phi) is 6.68. The second-order valence-electron chi connectivity index (χ2n) is 7.81. The van der Waals surface area contributed by atoms with Crippen LogP contribution in [0.15, 0.2) is 71.8 Å². The molecule has 162 valence electrons. The predicted molar refractivity (Wildman–Crippen MR) is 135 cm³/mol. The topological polar surface area (TPSA) is 54.4 Å². The van der Waals surface area contributed by atoms with E-state index in [2.05, 4.69) is 48.6 Å². The molecule has 0 saturated heterocycles. The zero-order chi connectivity index (χ0) is 22.7. The van der Waals surface area contributed by atoms with Crippen LogP contribution in [0.4, 0.5) is 0 Å². The van der Waals surface area contributed by atoms with Gasteiger partial charge in [-0.3, -0.25) is 4.79 Å². The van der Waals surface area contributed by atoms with Crippen molar-refractivity contribution in [2.24, 2.45) is 5.10 Å². The lowest BCUT2D eigenvalue weighted by atomic mass is 9.99. The number of nitrogens with one attached hydrogen (secondary N) is 1. The molecule has 4 nitrogen and oxygen atoms in total. The summed E-state index contributed by atoms with van der Waals surface area (Å²) in [5, 5.41) is 5.18. The number of nitrogens with zero attached hydrogens (tertiary/aromatic N) is 2. The lowest BCUT2D eigenvalue weighted by Gasteiger charge is -2.11. The van der Waals surface area contributed by atoms with Gasteiger partial charge in [-0.05, 0) is 42.2 Å². The summed E-state index contributed by atoms with van der Waals surface area (Å²) in [5.41, 5.74) is 7.84. The number of hydrogen-bond donors (Lipinski definition) is 1. The first kappa shape index (κ1) is 22.2. The highest BCUT2D eigenvalue weighted by molar-refractivity contribution is 7.18. The van der Waals surface area contributed by atoms with Crippen molar-refractivity contribution in [3.05, 3.63) is 87.1 Å². The van der Waals surface area contributed by atoms with Gasteiger partial charge in [-0.2, -0.15) is 5.10 Å². The molecule has 1 amide bonds. The van der Waals surface area contributed by atoms with E-state index in [9.17, 15) is 4.79 Å². The third-order valence-electron chi connectivity index (χ3n) is 5.32. The number of hydrazone groups is 1. The summed E-state index contributed by atoms with van der Waals surface area (Å²) in [6, 6.07) is 21.6. The van der Waals surface area contributed by atoms with Gasteiger partial charge in [0, 0.05) is 10.9 Å². The van der Waals surface area contributed by atoms with Crippen molar-refractivity contribution < 1.29 is 4.79 Å². The summed E-state index contributed by atoms with van der Waals surface area (Å²) in [4.78, 5) is 18.9. The quantitative estimate of drug-likeness (QED) is 0.242. The molecule has 2 heterocycles. The number of benzene rings is 2. The van der Waals surface area contributed by atoms with Gasteiger partial charge < -0.3 is 0 Å². The predicted octanol–water partition coefficient (Wildman–Crippen LogP) is 7.28. The molecule has 4 rings (SSSR count). The smallest absolute Gasteiger partial charge is 0.267 e. The van der Waals surface area contributed by atoms with Crippen molar-refractivity contribution in [3.63, 3.8) is 0 Å². The van der Waals surface area contributed by atoms with Crippen LogP contribution >= 0.6 is 22.9 Å². The highest BCUT2D eigenvalue weighted by atomic mass is 35.5. The molecular formula is C26H24ClN3OS. The van der Waals surface area contributed by atoms with Crippen molar-refractivity contribution in [3.8, 4) is 11.3 Å². The average molecular weight is 462 g/mol. The van der Waals surface area contributed by atoms with Crippen LogP contribution in [0.5, 0.6) is 0 Å². The maximum Gasteiger partial charge on any atom is 0.272 e. The largest absolute Gasteiger partial charge is 0.272 e. The van der Waals surface area contributed by atoms with E-state index in [0.29, 0.717) is 22.2 Å². The Morgan fingerprint density at radius 3 is 2.50 bits per heavy atom. The molecule has 2 aromatic carbocycles. The number of amides is 1. The van der Waals surface area contributed by atoms with Crippen LogP contribution in [-0.4, -0.2) is 16.6 Å². The average Bonchev–Trinajstić information content (AvgIpc) is 3.24. The number of rotatable bonds is 6. The van der Waals surface area contributed by atoms with Gasteiger partial charge in [0.2, 0.25) is 0 Å². The molecule has 0 aliphatic rings. The number of para-hydroxylation sites is 1. The van der Waals surface area contributed by atoms with Crippen LogP contribution in [0.25, 0.3) is 22.2 Å². The molecule has 0 aliphatic heterocycles. The maximum atomic E-state index is 13.2. The molecule has 0 bridgehead atoms. The monoisotopic (exact) mass is 461 g/mol. The molecular weight excluding hydrogens is 438 g/mol. The van der Waals surface area contributed by atoms with E-state index < -0.39 is 0 Å². The van der Waals surface area contributed by atoms with Crippen molar-refractivity contribution in [1.82, 2.24) is 10.4 Å². The van der Waals surface area contributed by atoms with Crippen molar-refractivity contribution in [2.45, 2.75) is 33.1 Å². The third kappa shape index (κ3) is 4.74. The molecule has 32 heavy (non-hydrogen) atoms. The minimum atomic E-state index is -0.266. The summed E-state index contributed by atoms with van der Waals surface area (Å²) >= 11 is 7.50. The normalized spacial score (nSPS) is 11.8. The Balaban J connectivity index is 1.71. The number of carbonyl (C=O) groups is 1. The van der Waals surface area contributed by atoms with E-state index in [1.165, 1.54) is 16.9 Å². The van der Waals surface area contributed by atoms with Gasteiger partial charge in [0.1, 0.15) is 0 Å². The zero-order valence-electron chi connectivity index (χ0n) is 18.2. The van der Waals surface area contributed by atoms with Gasteiger partial charge in [0.15, 0.2) is 0 Å². The molecule has 6 heteroatoms. The molecule has 0 unspecified atom stereocenters.